The van der Waals surface area contributed by atoms with E-state index in [2.05, 4.69) is 10.3 Å². The van der Waals surface area contributed by atoms with Gasteiger partial charge < -0.3 is 10.1 Å². The topological polar surface area (TPSA) is 36.9 Å². The summed E-state index contributed by atoms with van der Waals surface area (Å²) in [6.07, 6.45) is 0. The van der Waals surface area contributed by atoms with E-state index in [0.29, 0.717) is 11.8 Å². The average molecular weight is 297 g/mol. The van der Waals surface area contributed by atoms with E-state index in [4.69, 9.17) is 17.0 Å². The largest absolute Gasteiger partial charge is 0.497 e. The number of methoxy groups -OCH3 is 1. The van der Waals surface area contributed by atoms with Crippen LogP contribution in [0.15, 0.2) is 59.6 Å². The molecule has 1 heterocycles. The molecule has 0 unspecified atom stereocenters. The van der Waals surface area contributed by atoms with Crippen LogP contribution in [0.2, 0.25) is 0 Å². The molecule has 0 saturated heterocycles. The Morgan fingerprint density at radius 2 is 1.95 bits per heavy atom. The first-order valence-corrected chi connectivity index (χ1v) is 7.01. The molecule has 0 radical (unpaired) electrons. The molecule has 0 atom stereocenters. The molecule has 2 aromatic rings. The van der Waals surface area contributed by atoms with Gasteiger partial charge in [0.05, 0.1) is 7.11 Å². The standard InChI is InChI=1S/C16H15N3OS/c1-20-14-9-5-8-13(10-14)19-11-17-15(18-16(19)21)12-6-3-2-4-7-12/h2-10H,11H2,1H3,(H,17,18,21). The van der Waals surface area contributed by atoms with Crippen molar-refractivity contribution in [1.82, 2.24) is 5.32 Å². The third-order valence-electron chi connectivity index (χ3n) is 3.25. The van der Waals surface area contributed by atoms with Gasteiger partial charge >= 0.3 is 0 Å². The van der Waals surface area contributed by atoms with Crippen molar-refractivity contribution in [2.45, 2.75) is 0 Å². The van der Waals surface area contributed by atoms with Crippen LogP contribution in [-0.2, 0) is 0 Å². The van der Waals surface area contributed by atoms with E-state index in [1.165, 1.54) is 0 Å². The molecular formula is C16H15N3OS. The summed E-state index contributed by atoms with van der Waals surface area (Å²) in [5.74, 6) is 1.60. The van der Waals surface area contributed by atoms with Crippen molar-refractivity contribution in [3.05, 3.63) is 60.2 Å². The van der Waals surface area contributed by atoms with Gasteiger partial charge in [-0.1, -0.05) is 36.4 Å². The van der Waals surface area contributed by atoms with E-state index >= 15 is 0 Å². The Morgan fingerprint density at radius 1 is 1.14 bits per heavy atom. The molecule has 2 aromatic carbocycles. The predicted octanol–water partition coefficient (Wildman–Crippen LogP) is 2.79. The Bertz CT molecular complexity index is 685. The zero-order valence-electron chi connectivity index (χ0n) is 11.6. The summed E-state index contributed by atoms with van der Waals surface area (Å²) in [5.41, 5.74) is 1.99. The van der Waals surface area contributed by atoms with Crippen LogP contribution in [0.5, 0.6) is 5.75 Å². The Kier molecular flexibility index (Phi) is 3.83. The second kappa shape index (κ2) is 5.93. The van der Waals surface area contributed by atoms with Crippen LogP contribution in [0.4, 0.5) is 5.69 Å². The molecule has 5 heteroatoms. The molecule has 4 nitrogen and oxygen atoms in total. The summed E-state index contributed by atoms with van der Waals surface area (Å²) >= 11 is 5.46. The third-order valence-corrected chi connectivity index (χ3v) is 3.58. The van der Waals surface area contributed by atoms with Crippen LogP contribution >= 0.6 is 12.2 Å². The van der Waals surface area contributed by atoms with Gasteiger partial charge in [0.15, 0.2) is 5.11 Å². The van der Waals surface area contributed by atoms with E-state index in [0.717, 1.165) is 22.8 Å². The van der Waals surface area contributed by atoms with Crippen LogP contribution < -0.4 is 15.0 Å². The summed E-state index contributed by atoms with van der Waals surface area (Å²) in [4.78, 5) is 6.50. The number of rotatable bonds is 3. The van der Waals surface area contributed by atoms with E-state index in [9.17, 15) is 0 Å². The van der Waals surface area contributed by atoms with Crippen molar-refractivity contribution in [3.8, 4) is 5.75 Å². The lowest BCUT2D eigenvalue weighted by atomic mass is 10.2. The molecule has 1 N–H and O–H groups in total. The maximum atomic E-state index is 5.46. The highest BCUT2D eigenvalue weighted by molar-refractivity contribution is 7.80. The number of aliphatic imine (C=N–C) groups is 1. The summed E-state index contributed by atoms with van der Waals surface area (Å²) in [7, 11) is 1.65. The Balaban J connectivity index is 1.85. The highest BCUT2D eigenvalue weighted by Gasteiger charge is 2.19. The maximum Gasteiger partial charge on any atom is 0.180 e. The van der Waals surface area contributed by atoms with Crippen LogP contribution in [0, 0.1) is 0 Å². The molecular weight excluding hydrogens is 282 g/mol. The van der Waals surface area contributed by atoms with Crippen molar-refractivity contribution in [3.63, 3.8) is 0 Å². The lowest BCUT2D eigenvalue weighted by Gasteiger charge is -2.29. The predicted molar refractivity (Wildman–Crippen MR) is 89.1 cm³/mol. The maximum absolute atomic E-state index is 5.46. The first kappa shape index (κ1) is 13.6. The number of anilines is 1. The molecule has 1 aliphatic heterocycles. The number of ether oxygens (including phenoxy) is 1. The molecule has 0 saturated carbocycles. The molecule has 1 aliphatic rings. The highest BCUT2D eigenvalue weighted by Crippen LogP contribution is 2.22. The number of nitrogens with zero attached hydrogens (tertiary/aromatic N) is 2. The van der Waals surface area contributed by atoms with Gasteiger partial charge in [-0.05, 0) is 24.4 Å². The molecule has 0 aliphatic carbocycles. The van der Waals surface area contributed by atoms with E-state index in [1.807, 2.05) is 59.5 Å². The van der Waals surface area contributed by atoms with Crippen molar-refractivity contribution in [2.75, 3.05) is 18.7 Å². The Morgan fingerprint density at radius 3 is 2.67 bits per heavy atom. The fraction of sp³-hybridized carbons (Fsp3) is 0.125. The van der Waals surface area contributed by atoms with Gasteiger partial charge in [0.1, 0.15) is 18.3 Å². The van der Waals surface area contributed by atoms with Gasteiger partial charge in [-0.2, -0.15) is 0 Å². The zero-order chi connectivity index (χ0) is 14.7. The highest BCUT2D eigenvalue weighted by atomic mass is 32.1. The van der Waals surface area contributed by atoms with Crippen LogP contribution in [0.3, 0.4) is 0 Å². The first-order valence-electron chi connectivity index (χ1n) is 6.60. The van der Waals surface area contributed by atoms with Gasteiger partial charge in [0.25, 0.3) is 0 Å². The summed E-state index contributed by atoms with van der Waals surface area (Å²) in [6.45, 7) is 0.489. The summed E-state index contributed by atoms with van der Waals surface area (Å²) < 4.78 is 5.25. The summed E-state index contributed by atoms with van der Waals surface area (Å²) in [6, 6.07) is 17.7. The lowest BCUT2D eigenvalue weighted by molar-refractivity contribution is 0.415. The minimum Gasteiger partial charge on any atom is -0.497 e. The van der Waals surface area contributed by atoms with E-state index < -0.39 is 0 Å². The van der Waals surface area contributed by atoms with Crippen molar-refractivity contribution in [2.24, 2.45) is 4.99 Å². The van der Waals surface area contributed by atoms with Crippen LogP contribution in [0.25, 0.3) is 0 Å². The molecule has 0 bridgehead atoms. The zero-order valence-corrected chi connectivity index (χ0v) is 12.4. The number of hydrogen-bond donors (Lipinski definition) is 1. The fourth-order valence-electron chi connectivity index (χ4n) is 2.15. The van der Waals surface area contributed by atoms with Crippen molar-refractivity contribution >= 4 is 28.9 Å². The molecule has 106 valence electrons. The van der Waals surface area contributed by atoms with Gasteiger partial charge in [0, 0.05) is 17.3 Å². The van der Waals surface area contributed by atoms with Gasteiger partial charge in [-0.25, -0.2) is 4.99 Å². The second-order valence-electron chi connectivity index (χ2n) is 4.57. The third kappa shape index (κ3) is 2.87. The number of benzene rings is 2. The molecule has 21 heavy (non-hydrogen) atoms. The molecule has 0 amide bonds. The molecule has 0 spiro atoms. The lowest BCUT2D eigenvalue weighted by Crippen LogP contribution is -2.47. The normalized spacial score (nSPS) is 14.4. The van der Waals surface area contributed by atoms with Gasteiger partial charge in [0.2, 0.25) is 0 Å². The first-order chi connectivity index (χ1) is 10.3. The Labute approximate surface area is 129 Å². The number of thiocarbonyl (C=S) groups is 1. The van der Waals surface area contributed by atoms with Gasteiger partial charge in [-0.3, -0.25) is 4.90 Å². The quantitative estimate of drug-likeness (QED) is 0.884. The Hall–Kier alpha value is -2.40. The minimum atomic E-state index is 0.489. The van der Waals surface area contributed by atoms with Crippen molar-refractivity contribution in [1.29, 1.82) is 0 Å². The minimum absolute atomic E-state index is 0.489. The summed E-state index contributed by atoms with van der Waals surface area (Å²) in [5, 5.41) is 3.82. The second-order valence-corrected chi connectivity index (χ2v) is 4.96. The van der Waals surface area contributed by atoms with E-state index in [-0.39, 0.29) is 0 Å². The van der Waals surface area contributed by atoms with Crippen LogP contribution in [-0.4, -0.2) is 24.7 Å². The molecule has 0 fully saturated rings. The van der Waals surface area contributed by atoms with Crippen molar-refractivity contribution < 1.29 is 4.74 Å². The van der Waals surface area contributed by atoms with E-state index in [1.54, 1.807) is 7.11 Å². The average Bonchev–Trinajstić information content (AvgIpc) is 2.55. The molecule has 0 aromatic heterocycles. The number of hydrogen-bond acceptors (Lipinski definition) is 3. The molecule has 3 rings (SSSR count). The smallest absolute Gasteiger partial charge is 0.180 e. The number of amidine groups is 1. The number of nitrogens with one attached hydrogen (secondary N) is 1. The monoisotopic (exact) mass is 297 g/mol. The van der Waals surface area contributed by atoms with Crippen LogP contribution in [0.1, 0.15) is 5.56 Å². The fourth-order valence-corrected chi connectivity index (χ4v) is 2.41. The van der Waals surface area contributed by atoms with Gasteiger partial charge in [-0.15, -0.1) is 0 Å². The SMILES string of the molecule is COc1cccc(N2CN=C(c3ccccc3)NC2=S)c1.